The van der Waals surface area contributed by atoms with Gasteiger partial charge in [-0.3, -0.25) is 4.98 Å². The number of halogens is 2. The van der Waals surface area contributed by atoms with Crippen LogP contribution < -0.4 is 10.5 Å². The summed E-state index contributed by atoms with van der Waals surface area (Å²) < 4.78 is 30.5. The number of aliphatic imine (C=N–C) groups is 2. The molecule has 4 rings (SSSR count). The van der Waals surface area contributed by atoms with Crippen LogP contribution in [0, 0.1) is 25.2 Å². The van der Waals surface area contributed by atoms with Gasteiger partial charge in [-0.1, -0.05) is 18.2 Å². The second kappa shape index (κ2) is 8.43. The first-order valence-corrected chi connectivity index (χ1v) is 10.2. The van der Waals surface area contributed by atoms with Crippen molar-refractivity contribution < 1.29 is 13.5 Å². The molecule has 1 aromatic heterocycles. The van der Waals surface area contributed by atoms with Crippen molar-refractivity contribution in [2.24, 2.45) is 15.7 Å². The van der Waals surface area contributed by atoms with Crippen LogP contribution >= 0.6 is 0 Å². The van der Waals surface area contributed by atoms with Crippen LogP contribution in [0.2, 0.25) is 0 Å². The van der Waals surface area contributed by atoms with E-state index < -0.39 is 12.3 Å². The lowest BCUT2D eigenvalue weighted by Gasteiger charge is -2.26. The van der Waals surface area contributed by atoms with Gasteiger partial charge in [0.05, 0.1) is 11.3 Å². The van der Waals surface area contributed by atoms with E-state index >= 15 is 0 Å². The Morgan fingerprint density at radius 3 is 2.30 bits per heavy atom. The minimum absolute atomic E-state index is 0.132. The normalized spacial score (nSPS) is 17.5. The monoisotopic (exact) mass is 445 g/mol. The number of nitrogens with two attached hydrogens (primary N) is 1. The smallest absolute Gasteiger partial charge is 0.387 e. The number of rotatable bonds is 5. The molecule has 1 aliphatic rings. The summed E-state index contributed by atoms with van der Waals surface area (Å²) in [5, 5.41) is 9.22. The average molecular weight is 445 g/mol. The van der Waals surface area contributed by atoms with E-state index in [2.05, 4.69) is 11.1 Å². The van der Waals surface area contributed by atoms with E-state index in [0.29, 0.717) is 33.8 Å². The summed E-state index contributed by atoms with van der Waals surface area (Å²) in [5.74, 6) is 0.435. The molecule has 166 valence electrons. The van der Waals surface area contributed by atoms with Crippen molar-refractivity contribution in [1.29, 1.82) is 5.26 Å². The molecule has 6 nitrogen and oxygen atoms in total. The summed E-state index contributed by atoms with van der Waals surface area (Å²) in [4.78, 5) is 13.7. The van der Waals surface area contributed by atoms with Crippen LogP contribution in [0.15, 0.2) is 64.8 Å². The highest BCUT2D eigenvalue weighted by molar-refractivity contribution is 6.41. The predicted molar refractivity (Wildman–Crippen MR) is 122 cm³/mol. The van der Waals surface area contributed by atoms with Crippen molar-refractivity contribution in [3.05, 3.63) is 82.7 Å². The lowest BCUT2D eigenvalue weighted by atomic mass is 9.88. The Hall–Kier alpha value is -4.12. The van der Waals surface area contributed by atoms with Crippen molar-refractivity contribution in [2.75, 3.05) is 0 Å². The second-order valence-corrected chi connectivity index (χ2v) is 7.84. The fourth-order valence-corrected chi connectivity index (χ4v) is 4.01. The Labute approximate surface area is 190 Å². The van der Waals surface area contributed by atoms with Gasteiger partial charge in [-0.25, -0.2) is 9.98 Å². The molecule has 8 heteroatoms. The fraction of sp³-hybridized carbons (Fsp3) is 0.200. The molecule has 2 aromatic carbocycles. The number of alkyl halides is 2. The van der Waals surface area contributed by atoms with E-state index in [-0.39, 0.29) is 5.75 Å². The van der Waals surface area contributed by atoms with Crippen LogP contribution in [-0.2, 0) is 5.66 Å². The Bertz CT molecular complexity index is 1300. The van der Waals surface area contributed by atoms with Crippen molar-refractivity contribution in [3.8, 4) is 22.9 Å². The van der Waals surface area contributed by atoms with Crippen molar-refractivity contribution in [2.45, 2.75) is 33.0 Å². The zero-order valence-electron chi connectivity index (χ0n) is 18.3. The third kappa shape index (κ3) is 4.05. The third-order valence-electron chi connectivity index (χ3n) is 5.52. The SMILES string of the molecule is CC1=NC(c2cccc(-c3cncc(C#N)c3)c2)(c2cc(C)c(OC(F)F)c(C)c2)N=C1N. The molecule has 0 spiro atoms. The van der Waals surface area contributed by atoms with Crippen LogP contribution in [0.3, 0.4) is 0 Å². The van der Waals surface area contributed by atoms with Gasteiger partial charge in [0, 0.05) is 29.1 Å². The number of hydrogen-bond donors (Lipinski definition) is 1. The van der Waals surface area contributed by atoms with E-state index in [0.717, 1.165) is 16.7 Å². The number of benzene rings is 2. The number of ether oxygens (including phenoxy) is 1. The van der Waals surface area contributed by atoms with Gasteiger partial charge in [-0.15, -0.1) is 0 Å². The van der Waals surface area contributed by atoms with Crippen molar-refractivity contribution >= 4 is 11.5 Å². The quantitative estimate of drug-likeness (QED) is 0.606. The molecule has 1 atom stereocenters. The molecule has 33 heavy (non-hydrogen) atoms. The third-order valence-corrected chi connectivity index (χ3v) is 5.52. The molecule has 1 aliphatic heterocycles. The first-order chi connectivity index (χ1) is 15.7. The molecule has 0 saturated heterocycles. The molecule has 0 bridgehead atoms. The lowest BCUT2D eigenvalue weighted by Crippen LogP contribution is -2.23. The fourth-order valence-electron chi connectivity index (χ4n) is 4.01. The number of aryl methyl sites for hydroxylation is 2. The zero-order chi connectivity index (χ0) is 23.8. The first kappa shape index (κ1) is 22.1. The number of hydrogen-bond acceptors (Lipinski definition) is 6. The Morgan fingerprint density at radius 2 is 1.70 bits per heavy atom. The van der Waals surface area contributed by atoms with Crippen LogP contribution in [0.25, 0.3) is 11.1 Å². The van der Waals surface area contributed by atoms with Gasteiger partial charge in [0.2, 0.25) is 5.66 Å². The minimum Gasteiger partial charge on any atom is -0.434 e. The van der Waals surface area contributed by atoms with Gasteiger partial charge in [-0.2, -0.15) is 14.0 Å². The largest absolute Gasteiger partial charge is 0.434 e. The summed E-state index contributed by atoms with van der Waals surface area (Å²) in [5.41, 5.74) is 10.1. The number of aromatic nitrogens is 1. The molecule has 0 amide bonds. The first-order valence-electron chi connectivity index (χ1n) is 10.2. The highest BCUT2D eigenvalue weighted by Crippen LogP contribution is 2.42. The second-order valence-electron chi connectivity index (χ2n) is 7.84. The molecule has 0 fully saturated rings. The number of nitrogens with zero attached hydrogens (tertiary/aromatic N) is 4. The van der Waals surface area contributed by atoms with Gasteiger partial charge in [-0.05, 0) is 61.7 Å². The Balaban J connectivity index is 1.90. The predicted octanol–water partition coefficient (Wildman–Crippen LogP) is 4.87. The zero-order valence-corrected chi connectivity index (χ0v) is 18.3. The molecular formula is C25H21F2N5O. The highest BCUT2D eigenvalue weighted by atomic mass is 19.3. The molecule has 0 saturated carbocycles. The van der Waals surface area contributed by atoms with Gasteiger partial charge >= 0.3 is 6.61 Å². The summed E-state index contributed by atoms with van der Waals surface area (Å²) in [6.07, 6.45) is 3.18. The molecule has 2 heterocycles. The Morgan fingerprint density at radius 1 is 0.970 bits per heavy atom. The van der Waals surface area contributed by atoms with Gasteiger partial charge < -0.3 is 10.5 Å². The summed E-state index contributed by atoms with van der Waals surface area (Å²) in [7, 11) is 0. The molecule has 2 N–H and O–H groups in total. The Kier molecular flexibility index (Phi) is 5.64. The standard InChI is InChI=1S/C25H21F2N5O/c1-14-7-21(8-15(2)22(14)33-24(26)27)25(31-16(3)23(29)32-25)20-6-4-5-18(10-20)19-9-17(11-28)12-30-13-19/h4-10,12-13,24H,1-3H3,(H2,29,32). The maximum atomic E-state index is 12.9. The van der Waals surface area contributed by atoms with E-state index in [9.17, 15) is 14.0 Å². The summed E-state index contributed by atoms with van der Waals surface area (Å²) >= 11 is 0. The number of nitriles is 1. The molecule has 0 aliphatic carbocycles. The molecular weight excluding hydrogens is 424 g/mol. The molecule has 1 unspecified atom stereocenters. The van der Waals surface area contributed by atoms with Crippen LogP contribution in [0.5, 0.6) is 5.75 Å². The lowest BCUT2D eigenvalue weighted by molar-refractivity contribution is -0.0507. The van der Waals surface area contributed by atoms with Crippen LogP contribution in [0.4, 0.5) is 8.78 Å². The van der Waals surface area contributed by atoms with Crippen molar-refractivity contribution in [3.63, 3.8) is 0 Å². The van der Waals surface area contributed by atoms with E-state index in [1.165, 1.54) is 6.20 Å². The van der Waals surface area contributed by atoms with Crippen LogP contribution in [0.1, 0.15) is 34.7 Å². The van der Waals surface area contributed by atoms with Crippen LogP contribution in [-0.4, -0.2) is 23.1 Å². The van der Waals surface area contributed by atoms with E-state index in [1.807, 2.05) is 24.3 Å². The maximum absolute atomic E-state index is 12.9. The highest BCUT2D eigenvalue weighted by Gasteiger charge is 2.39. The van der Waals surface area contributed by atoms with Gasteiger partial charge in [0.15, 0.2) is 0 Å². The number of amidine groups is 1. The van der Waals surface area contributed by atoms with Gasteiger partial charge in [0.1, 0.15) is 17.7 Å². The average Bonchev–Trinajstić information content (AvgIpc) is 3.11. The van der Waals surface area contributed by atoms with Gasteiger partial charge in [0.25, 0.3) is 0 Å². The van der Waals surface area contributed by atoms with E-state index in [1.54, 1.807) is 45.2 Å². The summed E-state index contributed by atoms with van der Waals surface area (Å²) in [6, 6.07) is 14.9. The number of pyridine rings is 1. The summed E-state index contributed by atoms with van der Waals surface area (Å²) in [6.45, 7) is 2.27. The maximum Gasteiger partial charge on any atom is 0.387 e. The minimum atomic E-state index is -2.92. The van der Waals surface area contributed by atoms with Crippen molar-refractivity contribution in [1.82, 2.24) is 4.98 Å². The molecule has 3 aromatic rings. The van der Waals surface area contributed by atoms with E-state index in [4.69, 9.17) is 20.5 Å². The topological polar surface area (TPSA) is 96.6 Å². The molecule has 0 radical (unpaired) electrons.